The van der Waals surface area contributed by atoms with Gasteiger partial charge in [0.05, 0.1) is 5.92 Å². The zero-order valence-corrected chi connectivity index (χ0v) is 9.27. The van der Waals surface area contributed by atoms with E-state index in [1.54, 1.807) is 6.08 Å². The van der Waals surface area contributed by atoms with Crippen LogP contribution in [0.1, 0.15) is 13.8 Å². The number of allylic oxidation sites excluding steroid dienone is 1. The minimum Gasteiger partial charge on any atom is -0.481 e. The van der Waals surface area contributed by atoms with Crippen molar-refractivity contribution in [3.8, 4) is 12.3 Å². The molecule has 0 aromatic rings. The second-order valence-corrected chi connectivity index (χ2v) is 4.33. The van der Waals surface area contributed by atoms with Gasteiger partial charge in [-0.25, -0.2) is 4.79 Å². The minimum absolute atomic E-state index is 0.0698. The molecule has 2 unspecified atom stereocenters. The van der Waals surface area contributed by atoms with Gasteiger partial charge in [-0.1, -0.05) is 25.8 Å². The number of hydrogen-bond donors (Lipinski definition) is 1. The highest BCUT2D eigenvalue weighted by atomic mass is 16.5. The maximum atomic E-state index is 11.1. The number of rotatable bonds is 4. The molecule has 0 aromatic carbocycles. The molecule has 0 saturated heterocycles. The van der Waals surface area contributed by atoms with Gasteiger partial charge in [-0.2, -0.15) is 0 Å². The van der Waals surface area contributed by atoms with Crippen LogP contribution in [0.15, 0.2) is 12.2 Å². The summed E-state index contributed by atoms with van der Waals surface area (Å²) in [6.07, 6.45) is 7.74. The molecule has 86 valence electrons. The molecule has 16 heavy (non-hydrogen) atoms. The van der Waals surface area contributed by atoms with Crippen molar-refractivity contribution in [3.05, 3.63) is 12.2 Å². The fraction of sp³-hybridized carbons (Fsp3) is 0.500. The van der Waals surface area contributed by atoms with Gasteiger partial charge in [0.2, 0.25) is 0 Å². The molecule has 4 nitrogen and oxygen atoms in total. The van der Waals surface area contributed by atoms with Crippen molar-refractivity contribution in [1.82, 2.24) is 0 Å². The first-order valence-electron chi connectivity index (χ1n) is 4.92. The molecule has 0 spiro atoms. The Labute approximate surface area is 94.3 Å². The summed E-state index contributed by atoms with van der Waals surface area (Å²) in [5.41, 5.74) is -0.297. The first-order valence-corrected chi connectivity index (χ1v) is 4.92. The second kappa shape index (κ2) is 4.40. The Kier molecular flexibility index (Phi) is 3.38. The van der Waals surface area contributed by atoms with Crippen molar-refractivity contribution in [2.45, 2.75) is 13.8 Å². The Morgan fingerprint density at radius 1 is 1.56 bits per heavy atom. The van der Waals surface area contributed by atoms with Gasteiger partial charge in [-0.3, -0.25) is 4.79 Å². The summed E-state index contributed by atoms with van der Waals surface area (Å²) in [6.45, 7) is 3.64. The van der Waals surface area contributed by atoms with E-state index < -0.39 is 17.9 Å². The molecular formula is C12H14O4. The monoisotopic (exact) mass is 222 g/mol. The quantitative estimate of drug-likeness (QED) is 0.439. The summed E-state index contributed by atoms with van der Waals surface area (Å²) in [4.78, 5) is 21.9. The van der Waals surface area contributed by atoms with E-state index >= 15 is 0 Å². The van der Waals surface area contributed by atoms with Crippen LogP contribution in [0.5, 0.6) is 0 Å². The lowest BCUT2D eigenvalue weighted by Crippen LogP contribution is -2.03. The molecule has 0 radical (unpaired) electrons. The number of terminal acetylenes is 1. The van der Waals surface area contributed by atoms with Crippen molar-refractivity contribution >= 4 is 11.9 Å². The van der Waals surface area contributed by atoms with Gasteiger partial charge in [0.15, 0.2) is 6.61 Å². The molecule has 1 rings (SSSR count). The third kappa shape index (κ3) is 2.43. The van der Waals surface area contributed by atoms with Crippen LogP contribution in [0.4, 0.5) is 0 Å². The summed E-state index contributed by atoms with van der Waals surface area (Å²) >= 11 is 0. The van der Waals surface area contributed by atoms with E-state index in [1.165, 1.54) is 6.08 Å². The van der Waals surface area contributed by atoms with E-state index in [0.717, 1.165) is 0 Å². The van der Waals surface area contributed by atoms with Crippen molar-refractivity contribution in [2.75, 3.05) is 6.61 Å². The van der Waals surface area contributed by atoms with Gasteiger partial charge in [0.1, 0.15) is 0 Å². The summed E-state index contributed by atoms with van der Waals surface area (Å²) in [5.74, 6) is 0.252. The van der Waals surface area contributed by atoms with Crippen molar-refractivity contribution in [3.63, 3.8) is 0 Å². The van der Waals surface area contributed by atoms with Crippen LogP contribution in [0, 0.1) is 29.6 Å². The van der Waals surface area contributed by atoms with E-state index in [-0.39, 0.29) is 17.9 Å². The molecule has 1 saturated carbocycles. The fourth-order valence-corrected chi connectivity index (χ4v) is 1.85. The third-order valence-electron chi connectivity index (χ3n) is 2.91. The summed E-state index contributed by atoms with van der Waals surface area (Å²) in [7, 11) is 0. The summed E-state index contributed by atoms with van der Waals surface area (Å²) in [6, 6.07) is 0. The van der Waals surface area contributed by atoms with E-state index in [4.69, 9.17) is 11.5 Å². The molecular weight excluding hydrogens is 208 g/mol. The van der Waals surface area contributed by atoms with Gasteiger partial charge in [0, 0.05) is 6.08 Å². The number of ether oxygens (including phenoxy) is 1. The van der Waals surface area contributed by atoms with Gasteiger partial charge >= 0.3 is 11.9 Å². The largest absolute Gasteiger partial charge is 0.481 e. The van der Waals surface area contributed by atoms with E-state index in [2.05, 4.69) is 10.7 Å². The van der Waals surface area contributed by atoms with Gasteiger partial charge in [0.25, 0.3) is 0 Å². The maximum Gasteiger partial charge on any atom is 0.331 e. The molecule has 0 bridgehead atoms. The van der Waals surface area contributed by atoms with Crippen LogP contribution in [0.25, 0.3) is 0 Å². The molecule has 2 atom stereocenters. The first kappa shape index (κ1) is 12.3. The minimum atomic E-state index is -0.836. The molecule has 1 N–H and O–H groups in total. The Morgan fingerprint density at radius 3 is 2.62 bits per heavy atom. The van der Waals surface area contributed by atoms with E-state index in [1.807, 2.05) is 13.8 Å². The number of carboxylic acid groups (broad SMARTS) is 1. The molecule has 1 aliphatic carbocycles. The molecule has 0 aliphatic heterocycles. The molecule has 0 aromatic heterocycles. The number of carboxylic acids is 1. The summed E-state index contributed by atoms with van der Waals surface area (Å²) in [5, 5.41) is 8.89. The lowest BCUT2D eigenvalue weighted by atomic mass is 10.1. The van der Waals surface area contributed by atoms with Gasteiger partial charge in [-0.15, -0.1) is 6.42 Å². The predicted molar refractivity (Wildman–Crippen MR) is 57.3 cm³/mol. The van der Waals surface area contributed by atoms with Crippen LogP contribution in [0.3, 0.4) is 0 Å². The predicted octanol–water partition coefficient (Wildman–Crippen LogP) is 1.08. The van der Waals surface area contributed by atoms with Crippen LogP contribution in [-0.2, 0) is 14.3 Å². The van der Waals surface area contributed by atoms with Gasteiger partial charge < -0.3 is 9.84 Å². The highest BCUT2D eigenvalue weighted by molar-refractivity contribution is 5.83. The summed E-state index contributed by atoms with van der Waals surface area (Å²) < 4.78 is 4.62. The van der Waals surface area contributed by atoms with E-state index in [9.17, 15) is 9.59 Å². The third-order valence-corrected chi connectivity index (χ3v) is 2.91. The average Bonchev–Trinajstić information content (AvgIpc) is 2.74. The van der Waals surface area contributed by atoms with Crippen LogP contribution >= 0.6 is 0 Å². The lowest BCUT2D eigenvalue weighted by molar-refractivity contribution is -0.139. The van der Waals surface area contributed by atoms with E-state index in [0.29, 0.717) is 0 Å². The van der Waals surface area contributed by atoms with Crippen LogP contribution < -0.4 is 0 Å². The number of hydrogen-bond acceptors (Lipinski definition) is 3. The highest BCUT2D eigenvalue weighted by Crippen LogP contribution is 2.58. The van der Waals surface area contributed by atoms with Crippen LogP contribution in [-0.4, -0.2) is 23.7 Å². The number of carbonyl (C=O) groups excluding carboxylic acids is 1. The standard InChI is InChI=1S/C12H14O4/c1-4-7-16-9(13)6-5-8-10(11(14)15)12(8,2)3/h1,5-6,8,10H,7H2,2-3H3,(H,14,15)/b6-5-. The van der Waals surface area contributed by atoms with Crippen LogP contribution in [0.2, 0.25) is 0 Å². The second-order valence-electron chi connectivity index (χ2n) is 4.33. The van der Waals surface area contributed by atoms with Crippen molar-refractivity contribution < 1.29 is 19.4 Å². The van der Waals surface area contributed by atoms with Crippen molar-refractivity contribution in [2.24, 2.45) is 17.3 Å². The lowest BCUT2D eigenvalue weighted by Gasteiger charge is -1.96. The first-order chi connectivity index (χ1) is 7.41. The maximum absolute atomic E-state index is 11.1. The number of esters is 1. The Bertz CT molecular complexity index is 373. The Morgan fingerprint density at radius 2 is 2.19 bits per heavy atom. The smallest absolute Gasteiger partial charge is 0.331 e. The van der Waals surface area contributed by atoms with Crippen molar-refractivity contribution in [1.29, 1.82) is 0 Å². The Hall–Kier alpha value is -1.76. The highest BCUT2D eigenvalue weighted by Gasteiger charge is 2.60. The number of aliphatic carboxylic acids is 1. The Balaban J connectivity index is 2.51. The average molecular weight is 222 g/mol. The fourth-order valence-electron chi connectivity index (χ4n) is 1.85. The molecule has 1 aliphatic rings. The number of carbonyl (C=O) groups is 2. The van der Waals surface area contributed by atoms with Gasteiger partial charge in [-0.05, 0) is 11.3 Å². The molecule has 4 heteroatoms. The molecule has 0 heterocycles. The normalized spacial score (nSPS) is 26.1. The zero-order chi connectivity index (χ0) is 12.3. The zero-order valence-electron chi connectivity index (χ0n) is 9.27. The molecule has 0 amide bonds. The SMILES string of the molecule is C#CCOC(=O)/C=C\C1C(C(=O)O)C1(C)C. The molecule has 1 fully saturated rings. The topological polar surface area (TPSA) is 63.6 Å².